The summed E-state index contributed by atoms with van der Waals surface area (Å²) in [5, 5.41) is 1.02. The SMILES string of the molecule is CCCN1CCN(C(=O)c2cccc3cccnc23)CC1. The Kier molecular flexibility index (Phi) is 4.15. The molecule has 4 nitrogen and oxygen atoms in total. The zero-order valence-corrected chi connectivity index (χ0v) is 12.5. The summed E-state index contributed by atoms with van der Waals surface area (Å²) in [5.74, 6) is 0.107. The Morgan fingerprint density at radius 1 is 1.14 bits per heavy atom. The lowest BCUT2D eigenvalue weighted by Gasteiger charge is -2.34. The predicted octanol–water partition coefficient (Wildman–Crippen LogP) is 2.40. The van der Waals surface area contributed by atoms with Gasteiger partial charge in [-0.15, -0.1) is 0 Å². The number of amides is 1. The maximum Gasteiger partial charge on any atom is 0.256 e. The van der Waals surface area contributed by atoms with Crippen molar-refractivity contribution in [2.24, 2.45) is 0 Å². The van der Waals surface area contributed by atoms with Gasteiger partial charge in [-0.2, -0.15) is 0 Å². The van der Waals surface area contributed by atoms with Crippen molar-refractivity contribution in [3.63, 3.8) is 0 Å². The van der Waals surface area contributed by atoms with Crippen LogP contribution in [0.4, 0.5) is 0 Å². The first-order chi connectivity index (χ1) is 10.3. The van der Waals surface area contributed by atoms with Crippen LogP contribution < -0.4 is 0 Å². The fourth-order valence-electron chi connectivity index (χ4n) is 2.94. The van der Waals surface area contributed by atoms with E-state index in [0.29, 0.717) is 0 Å². The average molecular weight is 283 g/mol. The van der Waals surface area contributed by atoms with Gasteiger partial charge in [0, 0.05) is 37.8 Å². The van der Waals surface area contributed by atoms with Gasteiger partial charge >= 0.3 is 0 Å². The van der Waals surface area contributed by atoms with E-state index < -0.39 is 0 Å². The minimum absolute atomic E-state index is 0.107. The third-order valence-electron chi connectivity index (χ3n) is 4.06. The highest BCUT2D eigenvalue weighted by molar-refractivity contribution is 6.05. The Labute approximate surface area is 125 Å². The Bertz CT molecular complexity index is 627. The number of carbonyl (C=O) groups is 1. The molecule has 1 amide bonds. The molecule has 4 heteroatoms. The monoisotopic (exact) mass is 283 g/mol. The maximum absolute atomic E-state index is 12.7. The molecule has 21 heavy (non-hydrogen) atoms. The van der Waals surface area contributed by atoms with Crippen LogP contribution in [0.2, 0.25) is 0 Å². The van der Waals surface area contributed by atoms with Crippen molar-refractivity contribution in [2.75, 3.05) is 32.7 Å². The van der Waals surface area contributed by atoms with E-state index >= 15 is 0 Å². The summed E-state index contributed by atoms with van der Waals surface area (Å²) in [4.78, 5) is 21.5. The van der Waals surface area contributed by atoms with Crippen LogP contribution >= 0.6 is 0 Å². The number of piperazine rings is 1. The molecule has 110 valence electrons. The molecule has 2 heterocycles. The van der Waals surface area contributed by atoms with Crippen molar-refractivity contribution in [3.8, 4) is 0 Å². The third kappa shape index (κ3) is 2.90. The van der Waals surface area contributed by atoms with Gasteiger partial charge in [-0.1, -0.05) is 25.1 Å². The van der Waals surface area contributed by atoms with Crippen LogP contribution in [-0.2, 0) is 0 Å². The van der Waals surface area contributed by atoms with Crippen LogP contribution in [0.15, 0.2) is 36.5 Å². The number of rotatable bonds is 3. The molecule has 0 N–H and O–H groups in total. The van der Waals surface area contributed by atoms with E-state index in [4.69, 9.17) is 0 Å². The number of fused-ring (bicyclic) bond motifs is 1. The summed E-state index contributed by atoms with van der Waals surface area (Å²) in [6.45, 7) is 6.87. The average Bonchev–Trinajstić information content (AvgIpc) is 2.55. The van der Waals surface area contributed by atoms with E-state index in [2.05, 4.69) is 16.8 Å². The lowest BCUT2D eigenvalue weighted by molar-refractivity contribution is 0.0639. The van der Waals surface area contributed by atoms with Crippen LogP contribution in [0.1, 0.15) is 23.7 Å². The van der Waals surface area contributed by atoms with Gasteiger partial charge in [0.2, 0.25) is 0 Å². The molecule has 0 radical (unpaired) electrons. The molecule has 0 spiro atoms. The molecule has 1 aliphatic heterocycles. The zero-order chi connectivity index (χ0) is 14.7. The van der Waals surface area contributed by atoms with Gasteiger partial charge in [0.25, 0.3) is 5.91 Å². The number of hydrogen-bond donors (Lipinski definition) is 0. The molecule has 0 atom stereocenters. The fourth-order valence-corrected chi connectivity index (χ4v) is 2.94. The number of benzene rings is 1. The minimum atomic E-state index is 0.107. The summed E-state index contributed by atoms with van der Waals surface area (Å²) < 4.78 is 0. The van der Waals surface area contributed by atoms with E-state index in [1.807, 2.05) is 35.2 Å². The number of carbonyl (C=O) groups excluding carboxylic acids is 1. The molecule has 2 aromatic rings. The van der Waals surface area contributed by atoms with Crippen LogP contribution in [0, 0.1) is 0 Å². The van der Waals surface area contributed by atoms with Gasteiger partial charge in [0.1, 0.15) is 0 Å². The van der Waals surface area contributed by atoms with E-state index in [1.165, 1.54) is 6.42 Å². The Morgan fingerprint density at radius 3 is 2.67 bits per heavy atom. The molecule has 0 aliphatic carbocycles. The molecule has 1 fully saturated rings. The summed E-state index contributed by atoms with van der Waals surface area (Å²) in [6.07, 6.45) is 2.92. The normalized spacial score (nSPS) is 16.3. The first-order valence-electron chi connectivity index (χ1n) is 7.65. The van der Waals surface area contributed by atoms with Gasteiger partial charge in [0.15, 0.2) is 0 Å². The summed E-state index contributed by atoms with van der Waals surface area (Å²) in [5.41, 5.74) is 1.53. The lowest BCUT2D eigenvalue weighted by Crippen LogP contribution is -2.48. The highest BCUT2D eigenvalue weighted by Crippen LogP contribution is 2.18. The second-order valence-corrected chi connectivity index (χ2v) is 5.51. The first-order valence-corrected chi connectivity index (χ1v) is 7.65. The van der Waals surface area contributed by atoms with Crippen LogP contribution in [0.25, 0.3) is 10.9 Å². The largest absolute Gasteiger partial charge is 0.336 e. The number of hydrogen-bond acceptors (Lipinski definition) is 3. The Balaban J connectivity index is 1.79. The van der Waals surface area contributed by atoms with Gasteiger partial charge in [-0.3, -0.25) is 14.7 Å². The maximum atomic E-state index is 12.7. The molecular weight excluding hydrogens is 262 g/mol. The number of para-hydroxylation sites is 1. The molecule has 0 unspecified atom stereocenters. The molecule has 0 saturated carbocycles. The highest BCUT2D eigenvalue weighted by Gasteiger charge is 2.23. The smallest absolute Gasteiger partial charge is 0.256 e. The molecule has 1 aromatic carbocycles. The quantitative estimate of drug-likeness (QED) is 0.868. The lowest BCUT2D eigenvalue weighted by atomic mass is 10.1. The zero-order valence-electron chi connectivity index (χ0n) is 12.5. The van der Waals surface area contributed by atoms with E-state index in [0.717, 1.165) is 49.2 Å². The van der Waals surface area contributed by atoms with Crippen molar-refractivity contribution in [1.82, 2.24) is 14.8 Å². The molecule has 0 bridgehead atoms. The third-order valence-corrected chi connectivity index (χ3v) is 4.06. The summed E-state index contributed by atoms with van der Waals surface area (Å²) in [6, 6.07) is 9.72. The van der Waals surface area contributed by atoms with Crippen LogP contribution in [0.3, 0.4) is 0 Å². The van der Waals surface area contributed by atoms with Gasteiger partial charge in [-0.05, 0) is 25.1 Å². The van der Waals surface area contributed by atoms with Crippen molar-refractivity contribution >= 4 is 16.8 Å². The predicted molar refractivity (Wildman–Crippen MR) is 84.4 cm³/mol. The van der Waals surface area contributed by atoms with Crippen LogP contribution in [0.5, 0.6) is 0 Å². The van der Waals surface area contributed by atoms with Crippen LogP contribution in [-0.4, -0.2) is 53.4 Å². The first kappa shape index (κ1) is 14.0. The second kappa shape index (κ2) is 6.22. The van der Waals surface area contributed by atoms with Crippen molar-refractivity contribution in [2.45, 2.75) is 13.3 Å². The van der Waals surface area contributed by atoms with Crippen molar-refractivity contribution < 1.29 is 4.79 Å². The van der Waals surface area contributed by atoms with E-state index in [1.54, 1.807) is 6.20 Å². The molecule has 1 aliphatic rings. The topological polar surface area (TPSA) is 36.4 Å². The minimum Gasteiger partial charge on any atom is -0.336 e. The Morgan fingerprint density at radius 2 is 1.90 bits per heavy atom. The number of aromatic nitrogens is 1. The van der Waals surface area contributed by atoms with E-state index in [-0.39, 0.29) is 5.91 Å². The van der Waals surface area contributed by atoms with Gasteiger partial charge < -0.3 is 4.90 Å². The molecule has 1 aromatic heterocycles. The number of pyridine rings is 1. The second-order valence-electron chi connectivity index (χ2n) is 5.51. The van der Waals surface area contributed by atoms with Crippen molar-refractivity contribution in [1.29, 1.82) is 0 Å². The Hall–Kier alpha value is -1.94. The summed E-state index contributed by atoms with van der Waals surface area (Å²) >= 11 is 0. The number of nitrogens with zero attached hydrogens (tertiary/aromatic N) is 3. The van der Waals surface area contributed by atoms with Gasteiger partial charge in [0.05, 0.1) is 11.1 Å². The molecular formula is C17H21N3O. The highest BCUT2D eigenvalue weighted by atomic mass is 16.2. The van der Waals surface area contributed by atoms with E-state index in [9.17, 15) is 4.79 Å². The summed E-state index contributed by atoms with van der Waals surface area (Å²) in [7, 11) is 0. The molecule has 3 rings (SSSR count). The fraction of sp³-hybridized carbons (Fsp3) is 0.412. The molecule has 1 saturated heterocycles. The van der Waals surface area contributed by atoms with Crippen molar-refractivity contribution in [3.05, 3.63) is 42.1 Å². The van der Waals surface area contributed by atoms with Gasteiger partial charge in [-0.25, -0.2) is 0 Å². The standard InChI is InChI=1S/C17H21N3O/c1-2-9-19-10-12-20(13-11-19)17(21)15-7-3-5-14-6-4-8-18-16(14)15/h3-8H,2,9-13H2,1H3.